The average Bonchev–Trinajstić information content (AvgIpc) is 3.03. The van der Waals surface area contributed by atoms with Crippen molar-refractivity contribution in [3.05, 3.63) is 23.8 Å². The SMILES string of the molecule is CCO/N=C1/C(=O)Nc2cc(N3CCCC3)ccc21. The van der Waals surface area contributed by atoms with Gasteiger partial charge in [0.1, 0.15) is 6.61 Å². The highest BCUT2D eigenvalue weighted by molar-refractivity contribution is 6.53. The zero-order valence-electron chi connectivity index (χ0n) is 11.0. The van der Waals surface area contributed by atoms with Crippen LogP contribution in [0.2, 0.25) is 0 Å². The third kappa shape index (κ3) is 2.16. The molecule has 1 fully saturated rings. The first-order valence-electron chi connectivity index (χ1n) is 6.70. The van der Waals surface area contributed by atoms with Crippen molar-refractivity contribution in [1.29, 1.82) is 0 Å². The van der Waals surface area contributed by atoms with Crippen molar-refractivity contribution >= 4 is 23.0 Å². The van der Waals surface area contributed by atoms with Gasteiger partial charge in [-0.25, -0.2) is 0 Å². The molecule has 1 aromatic rings. The average molecular weight is 259 g/mol. The summed E-state index contributed by atoms with van der Waals surface area (Å²) in [5.74, 6) is -0.193. The number of carbonyl (C=O) groups is 1. The van der Waals surface area contributed by atoms with Crippen LogP contribution in [-0.4, -0.2) is 31.3 Å². The fourth-order valence-electron chi connectivity index (χ4n) is 2.54. The monoisotopic (exact) mass is 259 g/mol. The molecule has 0 atom stereocenters. The Morgan fingerprint density at radius 2 is 2.16 bits per heavy atom. The molecule has 2 heterocycles. The molecule has 0 bridgehead atoms. The Hall–Kier alpha value is -2.04. The van der Waals surface area contributed by atoms with Crippen LogP contribution in [0, 0.1) is 0 Å². The molecule has 3 rings (SSSR count). The number of hydrogen-bond donors (Lipinski definition) is 1. The van der Waals surface area contributed by atoms with Crippen molar-refractivity contribution in [2.24, 2.45) is 5.16 Å². The Morgan fingerprint density at radius 1 is 1.37 bits per heavy atom. The summed E-state index contributed by atoms with van der Waals surface area (Å²) in [4.78, 5) is 19.2. The number of hydrogen-bond acceptors (Lipinski definition) is 4. The molecule has 0 spiro atoms. The van der Waals surface area contributed by atoms with E-state index in [1.165, 1.54) is 12.8 Å². The number of anilines is 2. The normalized spacial score (nSPS) is 19.7. The molecule has 1 aromatic carbocycles. The molecule has 1 amide bonds. The van der Waals surface area contributed by atoms with Crippen LogP contribution in [0.5, 0.6) is 0 Å². The second-order valence-electron chi connectivity index (χ2n) is 4.74. The molecule has 5 heteroatoms. The lowest BCUT2D eigenvalue weighted by Gasteiger charge is -2.18. The molecular formula is C14H17N3O2. The van der Waals surface area contributed by atoms with E-state index in [0.29, 0.717) is 12.3 Å². The predicted molar refractivity (Wildman–Crippen MR) is 74.7 cm³/mol. The highest BCUT2D eigenvalue weighted by Crippen LogP contribution is 2.30. The van der Waals surface area contributed by atoms with E-state index >= 15 is 0 Å². The maximum Gasteiger partial charge on any atom is 0.278 e. The van der Waals surface area contributed by atoms with Crippen molar-refractivity contribution in [1.82, 2.24) is 0 Å². The summed E-state index contributed by atoms with van der Waals surface area (Å²) >= 11 is 0. The Bertz CT molecular complexity index is 533. The zero-order valence-corrected chi connectivity index (χ0v) is 11.0. The van der Waals surface area contributed by atoms with Crippen LogP contribution in [-0.2, 0) is 9.63 Å². The Labute approximate surface area is 112 Å². The number of fused-ring (bicyclic) bond motifs is 1. The van der Waals surface area contributed by atoms with E-state index in [-0.39, 0.29) is 5.91 Å². The van der Waals surface area contributed by atoms with Crippen LogP contribution in [0.3, 0.4) is 0 Å². The first-order valence-corrected chi connectivity index (χ1v) is 6.70. The maximum atomic E-state index is 11.8. The molecule has 1 N–H and O–H groups in total. The third-order valence-electron chi connectivity index (χ3n) is 3.48. The van der Waals surface area contributed by atoms with Crippen molar-refractivity contribution in [2.45, 2.75) is 19.8 Å². The van der Waals surface area contributed by atoms with Gasteiger partial charge in [-0.2, -0.15) is 0 Å². The molecule has 0 radical (unpaired) electrons. The molecular weight excluding hydrogens is 242 g/mol. The highest BCUT2D eigenvalue weighted by atomic mass is 16.6. The standard InChI is InChI=1S/C14H17N3O2/c1-2-19-16-13-11-6-5-10(17-7-3-4-8-17)9-12(11)15-14(13)18/h5-6,9H,2-4,7-8H2,1H3,(H,15,16,18). The van der Waals surface area contributed by atoms with E-state index in [4.69, 9.17) is 4.84 Å². The minimum Gasteiger partial charge on any atom is -0.395 e. The summed E-state index contributed by atoms with van der Waals surface area (Å²) in [6.45, 7) is 4.48. The Morgan fingerprint density at radius 3 is 2.89 bits per heavy atom. The Kier molecular flexibility index (Phi) is 3.11. The van der Waals surface area contributed by atoms with E-state index < -0.39 is 0 Å². The van der Waals surface area contributed by atoms with E-state index in [1.807, 2.05) is 25.1 Å². The lowest BCUT2D eigenvalue weighted by atomic mass is 10.1. The fourth-order valence-corrected chi connectivity index (χ4v) is 2.54. The fraction of sp³-hybridized carbons (Fsp3) is 0.429. The number of oxime groups is 1. The van der Waals surface area contributed by atoms with Gasteiger partial charge in [0.25, 0.3) is 5.91 Å². The lowest BCUT2D eigenvalue weighted by molar-refractivity contribution is -0.110. The molecule has 2 aliphatic rings. The van der Waals surface area contributed by atoms with Crippen LogP contribution in [0.1, 0.15) is 25.3 Å². The molecule has 1 saturated heterocycles. The minimum atomic E-state index is -0.193. The number of benzene rings is 1. The summed E-state index contributed by atoms with van der Waals surface area (Å²) in [5, 5.41) is 6.73. The van der Waals surface area contributed by atoms with E-state index in [9.17, 15) is 4.79 Å². The number of amides is 1. The number of rotatable bonds is 3. The van der Waals surface area contributed by atoms with Crippen molar-refractivity contribution in [3.63, 3.8) is 0 Å². The van der Waals surface area contributed by atoms with Crippen molar-refractivity contribution in [2.75, 3.05) is 29.9 Å². The molecule has 0 aliphatic carbocycles. The van der Waals surface area contributed by atoms with Gasteiger partial charge in [-0.3, -0.25) is 4.79 Å². The molecule has 0 saturated carbocycles. The van der Waals surface area contributed by atoms with Gasteiger partial charge in [-0.1, -0.05) is 5.16 Å². The van der Waals surface area contributed by atoms with Gasteiger partial charge in [0.15, 0.2) is 5.71 Å². The first-order chi connectivity index (χ1) is 9.29. The largest absolute Gasteiger partial charge is 0.395 e. The number of carbonyl (C=O) groups excluding carboxylic acids is 1. The smallest absolute Gasteiger partial charge is 0.278 e. The quantitative estimate of drug-likeness (QED) is 0.844. The highest BCUT2D eigenvalue weighted by Gasteiger charge is 2.27. The second kappa shape index (κ2) is 4.91. The number of nitrogens with one attached hydrogen (secondary N) is 1. The van der Waals surface area contributed by atoms with E-state index in [2.05, 4.69) is 15.4 Å². The van der Waals surface area contributed by atoms with Crippen LogP contribution >= 0.6 is 0 Å². The van der Waals surface area contributed by atoms with Crippen molar-refractivity contribution in [3.8, 4) is 0 Å². The summed E-state index contributed by atoms with van der Waals surface area (Å²) in [6, 6.07) is 6.01. The van der Waals surface area contributed by atoms with Crippen LogP contribution in [0.25, 0.3) is 0 Å². The summed E-state index contributed by atoms with van der Waals surface area (Å²) in [5.41, 5.74) is 3.17. The molecule has 5 nitrogen and oxygen atoms in total. The van der Waals surface area contributed by atoms with Crippen LogP contribution in [0.4, 0.5) is 11.4 Å². The topological polar surface area (TPSA) is 53.9 Å². The van der Waals surface area contributed by atoms with Gasteiger partial charge in [-0.05, 0) is 38.0 Å². The van der Waals surface area contributed by atoms with Crippen molar-refractivity contribution < 1.29 is 9.63 Å². The van der Waals surface area contributed by atoms with Gasteiger partial charge in [0.05, 0.1) is 5.69 Å². The molecule has 0 unspecified atom stereocenters. The summed E-state index contributed by atoms with van der Waals surface area (Å²) in [6.07, 6.45) is 2.47. The van der Waals surface area contributed by atoms with E-state index in [1.54, 1.807) is 0 Å². The predicted octanol–water partition coefficient (Wildman–Crippen LogP) is 1.98. The molecule has 19 heavy (non-hydrogen) atoms. The van der Waals surface area contributed by atoms with Gasteiger partial charge in [0, 0.05) is 24.3 Å². The summed E-state index contributed by atoms with van der Waals surface area (Å²) < 4.78 is 0. The minimum absolute atomic E-state index is 0.193. The van der Waals surface area contributed by atoms with Gasteiger partial charge in [-0.15, -0.1) is 0 Å². The van der Waals surface area contributed by atoms with Gasteiger partial charge >= 0.3 is 0 Å². The first kappa shape index (κ1) is 12.0. The summed E-state index contributed by atoms with van der Waals surface area (Å²) in [7, 11) is 0. The third-order valence-corrected chi connectivity index (χ3v) is 3.48. The number of nitrogens with zero attached hydrogens (tertiary/aromatic N) is 2. The lowest BCUT2D eigenvalue weighted by Crippen LogP contribution is -2.17. The molecule has 100 valence electrons. The van der Waals surface area contributed by atoms with Crippen LogP contribution in [0.15, 0.2) is 23.4 Å². The Balaban J connectivity index is 1.91. The molecule has 0 aromatic heterocycles. The maximum absolute atomic E-state index is 11.8. The van der Waals surface area contributed by atoms with Gasteiger partial charge in [0.2, 0.25) is 0 Å². The zero-order chi connectivity index (χ0) is 13.2. The second-order valence-corrected chi connectivity index (χ2v) is 4.74. The van der Waals surface area contributed by atoms with Gasteiger partial charge < -0.3 is 15.1 Å². The van der Waals surface area contributed by atoms with E-state index in [0.717, 1.165) is 30.0 Å². The van der Waals surface area contributed by atoms with Crippen LogP contribution < -0.4 is 10.2 Å². The molecule has 2 aliphatic heterocycles.